The summed E-state index contributed by atoms with van der Waals surface area (Å²) in [4.78, 5) is 28.7. The van der Waals surface area contributed by atoms with Gasteiger partial charge in [-0.15, -0.1) is 0 Å². The number of piperidine rings is 1. The smallest absolute Gasteiger partial charge is 0.225 e. The van der Waals surface area contributed by atoms with E-state index in [0.29, 0.717) is 5.91 Å². The Hall–Kier alpha value is -2.04. The molecule has 1 saturated carbocycles. The van der Waals surface area contributed by atoms with Crippen molar-refractivity contribution in [2.24, 2.45) is 11.8 Å². The highest BCUT2D eigenvalue weighted by molar-refractivity contribution is 5.82. The summed E-state index contributed by atoms with van der Waals surface area (Å²) >= 11 is 0. The molecule has 0 aromatic heterocycles. The maximum atomic E-state index is 12.5. The van der Waals surface area contributed by atoms with E-state index in [1.165, 1.54) is 11.3 Å². The predicted molar refractivity (Wildman–Crippen MR) is 104 cm³/mol. The molecular formula is C21H31N3O2. The summed E-state index contributed by atoms with van der Waals surface area (Å²) in [6, 6.07) is 8.58. The minimum absolute atomic E-state index is 0.0387. The van der Waals surface area contributed by atoms with Crippen molar-refractivity contribution in [1.82, 2.24) is 10.2 Å². The van der Waals surface area contributed by atoms with E-state index in [1.54, 1.807) is 0 Å². The summed E-state index contributed by atoms with van der Waals surface area (Å²) in [5.41, 5.74) is 2.41. The normalized spacial score (nSPS) is 19.1. The highest BCUT2D eigenvalue weighted by Gasteiger charge is 2.36. The van der Waals surface area contributed by atoms with Crippen molar-refractivity contribution in [2.75, 3.05) is 32.1 Å². The van der Waals surface area contributed by atoms with E-state index in [4.69, 9.17) is 0 Å². The molecule has 0 radical (unpaired) electrons. The van der Waals surface area contributed by atoms with Gasteiger partial charge in [0.25, 0.3) is 0 Å². The van der Waals surface area contributed by atoms with Gasteiger partial charge in [-0.2, -0.15) is 0 Å². The third-order valence-electron chi connectivity index (χ3n) is 5.49. The number of nitrogens with one attached hydrogen (secondary N) is 1. The first kappa shape index (κ1) is 18.7. The average molecular weight is 357 g/mol. The molecule has 2 fully saturated rings. The molecule has 0 spiro atoms. The lowest BCUT2D eigenvalue weighted by Crippen LogP contribution is -2.45. The zero-order valence-electron chi connectivity index (χ0n) is 16.2. The minimum atomic E-state index is 0.0387. The summed E-state index contributed by atoms with van der Waals surface area (Å²) in [6.45, 7) is 3.52. The maximum absolute atomic E-state index is 12.5. The summed E-state index contributed by atoms with van der Waals surface area (Å²) in [6.07, 6.45) is 4.50. The summed E-state index contributed by atoms with van der Waals surface area (Å²) in [5, 5.41) is 3.16. The summed E-state index contributed by atoms with van der Waals surface area (Å²) in [5.74, 6) is 0.760. The van der Waals surface area contributed by atoms with Crippen LogP contribution in [0.15, 0.2) is 24.3 Å². The quantitative estimate of drug-likeness (QED) is 0.851. The van der Waals surface area contributed by atoms with E-state index in [2.05, 4.69) is 41.4 Å². The molecular weight excluding hydrogens is 326 g/mol. The molecule has 1 aromatic carbocycles. The molecule has 142 valence electrons. The van der Waals surface area contributed by atoms with Gasteiger partial charge in [-0.05, 0) is 56.7 Å². The number of likely N-dealkylation sites (tertiary alicyclic amines) is 1. The van der Waals surface area contributed by atoms with Crippen LogP contribution in [0.2, 0.25) is 0 Å². The Balaban J connectivity index is 1.43. The highest BCUT2D eigenvalue weighted by Crippen LogP contribution is 2.32. The van der Waals surface area contributed by atoms with E-state index in [0.717, 1.165) is 45.2 Å². The third-order valence-corrected chi connectivity index (χ3v) is 5.49. The largest absolute Gasteiger partial charge is 0.378 e. The lowest BCUT2D eigenvalue weighted by molar-refractivity contribution is -0.136. The average Bonchev–Trinajstić information content (AvgIpc) is 3.46. The lowest BCUT2D eigenvalue weighted by Gasteiger charge is -2.32. The Kier molecular flexibility index (Phi) is 5.84. The number of carbonyl (C=O) groups excluding carboxylic acids is 2. The van der Waals surface area contributed by atoms with Crippen LogP contribution in [0.1, 0.15) is 38.2 Å². The second kappa shape index (κ2) is 8.11. The van der Waals surface area contributed by atoms with E-state index >= 15 is 0 Å². The molecule has 1 N–H and O–H groups in total. The molecule has 1 aliphatic carbocycles. The molecule has 5 heteroatoms. The number of amides is 2. The Morgan fingerprint density at radius 2 is 1.69 bits per heavy atom. The summed E-state index contributed by atoms with van der Waals surface area (Å²) < 4.78 is 0. The first-order chi connectivity index (χ1) is 12.4. The van der Waals surface area contributed by atoms with Crippen LogP contribution in [0.3, 0.4) is 0 Å². The predicted octanol–water partition coefficient (Wildman–Crippen LogP) is 2.45. The fourth-order valence-corrected chi connectivity index (χ4v) is 3.65. The van der Waals surface area contributed by atoms with Gasteiger partial charge < -0.3 is 15.1 Å². The molecule has 0 bridgehead atoms. The number of anilines is 1. The second-order valence-corrected chi connectivity index (χ2v) is 8.05. The van der Waals surface area contributed by atoms with E-state index < -0.39 is 0 Å². The molecule has 1 heterocycles. The number of hydrogen-bond donors (Lipinski definition) is 1. The molecule has 1 saturated heterocycles. The Morgan fingerprint density at radius 1 is 1.08 bits per heavy atom. The van der Waals surface area contributed by atoms with Gasteiger partial charge in [-0.3, -0.25) is 9.59 Å². The Bertz CT molecular complexity index is 629. The zero-order chi connectivity index (χ0) is 18.7. The van der Waals surface area contributed by atoms with Crippen molar-refractivity contribution in [3.63, 3.8) is 0 Å². The van der Waals surface area contributed by atoms with Crippen LogP contribution in [0.25, 0.3) is 0 Å². The van der Waals surface area contributed by atoms with Gasteiger partial charge in [0.05, 0.1) is 0 Å². The van der Waals surface area contributed by atoms with Gasteiger partial charge in [0.2, 0.25) is 11.8 Å². The molecule has 2 aliphatic rings. The highest BCUT2D eigenvalue weighted by atomic mass is 16.2. The van der Waals surface area contributed by atoms with Crippen LogP contribution >= 0.6 is 0 Å². The van der Waals surface area contributed by atoms with Gasteiger partial charge in [0.15, 0.2) is 0 Å². The topological polar surface area (TPSA) is 52.7 Å². The van der Waals surface area contributed by atoms with Crippen molar-refractivity contribution >= 4 is 17.5 Å². The van der Waals surface area contributed by atoms with Gasteiger partial charge in [0.1, 0.15) is 0 Å². The molecule has 3 rings (SSSR count). The molecule has 2 amide bonds. The monoisotopic (exact) mass is 357 g/mol. The fourth-order valence-electron chi connectivity index (χ4n) is 3.65. The van der Waals surface area contributed by atoms with Crippen LogP contribution in [0.5, 0.6) is 0 Å². The fraction of sp³-hybridized carbons (Fsp3) is 0.619. The minimum Gasteiger partial charge on any atom is -0.378 e. The van der Waals surface area contributed by atoms with Crippen LogP contribution in [-0.2, 0) is 16.0 Å². The van der Waals surface area contributed by atoms with Crippen LogP contribution < -0.4 is 10.2 Å². The van der Waals surface area contributed by atoms with Crippen LogP contribution in [-0.4, -0.2) is 49.9 Å². The number of nitrogens with zero attached hydrogens (tertiary/aromatic N) is 2. The van der Waals surface area contributed by atoms with Crippen molar-refractivity contribution in [3.05, 3.63) is 29.8 Å². The number of hydrogen-bond acceptors (Lipinski definition) is 3. The Morgan fingerprint density at radius 3 is 2.23 bits per heavy atom. The first-order valence-corrected chi connectivity index (χ1v) is 9.79. The molecule has 26 heavy (non-hydrogen) atoms. The van der Waals surface area contributed by atoms with Crippen molar-refractivity contribution in [3.8, 4) is 0 Å². The molecule has 5 nitrogen and oxygen atoms in total. The second-order valence-electron chi connectivity index (χ2n) is 8.05. The molecule has 0 unspecified atom stereocenters. The number of carbonyl (C=O) groups is 2. The van der Waals surface area contributed by atoms with Crippen molar-refractivity contribution < 1.29 is 9.59 Å². The number of benzene rings is 1. The van der Waals surface area contributed by atoms with Crippen molar-refractivity contribution in [1.29, 1.82) is 0 Å². The van der Waals surface area contributed by atoms with E-state index in [9.17, 15) is 9.59 Å². The van der Waals surface area contributed by atoms with E-state index in [1.807, 2.05) is 19.0 Å². The summed E-state index contributed by atoms with van der Waals surface area (Å²) in [7, 11) is 4.06. The van der Waals surface area contributed by atoms with Gasteiger partial charge in [0, 0.05) is 50.7 Å². The molecule has 1 atom stereocenters. The molecule has 1 aliphatic heterocycles. The van der Waals surface area contributed by atoms with E-state index in [-0.39, 0.29) is 23.8 Å². The van der Waals surface area contributed by atoms with Gasteiger partial charge in [-0.1, -0.05) is 12.1 Å². The van der Waals surface area contributed by atoms with Crippen LogP contribution in [0, 0.1) is 11.8 Å². The maximum Gasteiger partial charge on any atom is 0.225 e. The lowest BCUT2D eigenvalue weighted by atomic mass is 9.95. The standard InChI is InChI=1S/C21H31N3O2/c1-15(14-16-4-8-19(9-5-16)23(2)3)22-20(25)17-10-12-24(13-11-17)21(26)18-6-7-18/h4-5,8-9,15,17-18H,6-7,10-14H2,1-3H3,(H,22,25)/t15-/m0/s1. The molecule has 1 aromatic rings. The zero-order valence-corrected chi connectivity index (χ0v) is 16.2. The number of rotatable bonds is 6. The third kappa shape index (κ3) is 4.77. The SMILES string of the molecule is C[C@@H](Cc1ccc(N(C)C)cc1)NC(=O)C1CCN(C(=O)C2CC2)CC1. The first-order valence-electron chi connectivity index (χ1n) is 9.79. The van der Waals surface area contributed by atoms with Gasteiger partial charge >= 0.3 is 0 Å². The Labute approximate surface area is 156 Å². The van der Waals surface area contributed by atoms with Crippen LogP contribution in [0.4, 0.5) is 5.69 Å². The van der Waals surface area contributed by atoms with Crippen molar-refractivity contribution in [2.45, 2.75) is 45.1 Å². The van der Waals surface area contributed by atoms with Gasteiger partial charge in [-0.25, -0.2) is 0 Å².